The highest BCUT2D eigenvalue weighted by molar-refractivity contribution is 7.92. The number of nitrogens with two attached hydrogens (primary N) is 1. The van der Waals surface area contributed by atoms with Crippen LogP contribution in [0.1, 0.15) is 0 Å². The zero-order valence-electron chi connectivity index (χ0n) is 9.34. The van der Waals surface area contributed by atoms with Gasteiger partial charge < -0.3 is 5.73 Å². The maximum absolute atomic E-state index is 13.1. The van der Waals surface area contributed by atoms with Crippen molar-refractivity contribution in [1.29, 1.82) is 0 Å². The van der Waals surface area contributed by atoms with Crippen molar-refractivity contribution in [3.05, 3.63) is 41.3 Å². The highest BCUT2D eigenvalue weighted by Gasteiger charge is 2.20. The first-order valence-corrected chi connectivity index (χ1v) is 6.81. The Hall–Kier alpha value is -1.93. The van der Waals surface area contributed by atoms with Gasteiger partial charge in [-0.15, -0.1) is 5.10 Å². The van der Waals surface area contributed by atoms with Crippen LogP contribution in [-0.2, 0) is 10.0 Å². The van der Waals surface area contributed by atoms with Crippen LogP contribution in [0.2, 0.25) is 5.02 Å². The molecule has 0 saturated heterocycles. The molecule has 2 aromatic rings. The Morgan fingerprint density at radius 1 is 1.37 bits per heavy atom. The Morgan fingerprint density at radius 3 is 2.74 bits per heavy atom. The number of anilines is 2. The number of hydrogen-bond acceptors (Lipinski definition) is 5. The fourth-order valence-corrected chi connectivity index (χ4v) is 2.85. The van der Waals surface area contributed by atoms with Gasteiger partial charge in [-0.2, -0.15) is 5.10 Å². The summed E-state index contributed by atoms with van der Waals surface area (Å²) in [5.74, 6) is -0.773. The summed E-state index contributed by atoms with van der Waals surface area (Å²) in [5.41, 5.74) is 5.01. The van der Waals surface area contributed by atoms with Crippen molar-refractivity contribution < 1.29 is 12.8 Å². The second kappa shape index (κ2) is 4.98. The summed E-state index contributed by atoms with van der Waals surface area (Å²) in [6, 6.07) is 4.69. The predicted octanol–water partition coefficient (Wildman–Crippen LogP) is 1.65. The van der Waals surface area contributed by atoms with Gasteiger partial charge in [0.25, 0.3) is 10.0 Å². The van der Waals surface area contributed by atoms with Crippen molar-refractivity contribution in [1.82, 2.24) is 10.2 Å². The average Bonchev–Trinajstić information content (AvgIpc) is 2.34. The van der Waals surface area contributed by atoms with Crippen LogP contribution in [0.5, 0.6) is 0 Å². The summed E-state index contributed by atoms with van der Waals surface area (Å²) in [6.07, 6.45) is 1.39. The van der Waals surface area contributed by atoms with E-state index < -0.39 is 15.8 Å². The van der Waals surface area contributed by atoms with Crippen molar-refractivity contribution in [2.45, 2.75) is 4.90 Å². The first-order chi connectivity index (χ1) is 8.90. The molecule has 3 N–H and O–H groups in total. The molecule has 19 heavy (non-hydrogen) atoms. The van der Waals surface area contributed by atoms with Crippen LogP contribution in [0, 0.1) is 5.82 Å². The van der Waals surface area contributed by atoms with Crippen LogP contribution in [0.4, 0.5) is 15.9 Å². The summed E-state index contributed by atoms with van der Waals surface area (Å²) in [6.45, 7) is 0. The average molecular weight is 303 g/mol. The molecule has 1 aromatic heterocycles. The normalized spacial score (nSPS) is 11.3. The molecule has 0 aliphatic carbocycles. The number of nitrogen functional groups attached to an aromatic ring is 1. The molecule has 0 atom stereocenters. The van der Waals surface area contributed by atoms with Gasteiger partial charge in [0.1, 0.15) is 10.7 Å². The van der Waals surface area contributed by atoms with Gasteiger partial charge in [0.15, 0.2) is 5.82 Å². The molecule has 2 rings (SSSR count). The molecule has 1 aromatic carbocycles. The summed E-state index contributed by atoms with van der Waals surface area (Å²) in [5, 5.41) is 6.82. The number of benzene rings is 1. The van der Waals surface area contributed by atoms with E-state index >= 15 is 0 Å². The molecule has 0 bridgehead atoms. The summed E-state index contributed by atoms with van der Waals surface area (Å²) < 4.78 is 39.4. The second-order valence-corrected chi connectivity index (χ2v) is 5.58. The molecule has 0 aliphatic heterocycles. The predicted molar refractivity (Wildman–Crippen MR) is 68.7 cm³/mol. The van der Waals surface area contributed by atoms with Crippen LogP contribution in [0.25, 0.3) is 0 Å². The van der Waals surface area contributed by atoms with Crippen molar-refractivity contribution in [2.24, 2.45) is 0 Å². The van der Waals surface area contributed by atoms with Crippen molar-refractivity contribution in [3.8, 4) is 0 Å². The summed E-state index contributed by atoms with van der Waals surface area (Å²) >= 11 is 5.70. The number of nitrogens with one attached hydrogen (secondary N) is 1. The van der Waals surface area contributed by atoms with Gasteiger partial charge in [0.05, 0.1) is 10.7 Å². The quantitative estimate of drug-likeness (QED) is 0.840. The van der Waals surface area contributed by atoms with Crippen LogP contribution < -0.4 is 10.5 Å². The van der Waals surface area contributed by atoms with E-state index in [-0.39, 0.29) is 21.4 Å². The molecule has 0 aliphatic rings. The minimum Gasteiger partial charge on any atom is -0.396 e. The van der Waals surface area contributed by atoms with Gasteiger partial charge in [-0.1, -0.05) is 11.6 Å². The summed E-state index contributed by atoms with van der Waals surface area (Å²) in [7, 11) is -4.01. The Balaban J connectivity index is 2.43. The Bertz CT molecular complexity index is 709. The van der Waals surface area contributed by atoms with E-state index in [0.29, 0.717) is 0 Å². The first kappa shape index (κ1) is 13.5. The van der Waals surface area contributed by atoms with Crippen LogP contribution in [0.15, 0.2) is 35.4 Å². The smallest absolute Gasteiger partial charge is 0.264 e. The monoisotopic (exact) mass is 302 g/mol. The lowest BCUT2D eigenvalue weighted by molar-refractivity contribution is 0.600. The zero-order chi connectivity index (χ0) is 14.0. The Labute approximate surface area is 113 Å². The maximum Gasteiger partial charge on any atom is 0.264 e. The molecule has 100 valence electrons. The molecule has 9 heteroatoms. The standard InChI is InChI=1S/C10H8ClFN4O2S/c11-6-4-7(12)8(13)5-9(6)19(17,18)16-10-2-1-3-14-15-10/h1-5H,13H2,(H,15,16). The van der Waals surface area contributed by atoms with Crippen LogP contribution in [0.3, 0.4) is 0 Å². The minimum atomic E-state index is -4.01. The largest absolute Gasteiger partial charge is 0.396 e. The fourth-order valence-electron chi connectivity index (χ4n) is 1.30. The zero-order valence-corrected chi connectivity index (χ0v) is 10.9. The SMILES string of the molecule is Nc1cc(S(=O)(=O)Nc2cccnn2)c(Cl)cc1F. The Kier molecular flexibility index (Phi) is 3.54. The molecule has 0 radical (unpaired) electrons. The molecule has 6 nitrogen and oxygen atoms in total. The molecular weight excluding hydrogens is 295 g/mol. The van der Waals surface area contributed by atoms with Crippen molar-refractivity contribution >= 4 is 33.1 Å². The van der Waals surface area contributed by atoms with Gasteiger partial charge in [0.2, 0.25) is 0 Å². The maximum atomic E-state index is 13.1. The lowest BCUT2D eigenvalue weighted by Crippen LogP contribution is -2.15. The number of aromatic nitrogens is 2. The van der Waals surface area contributed by atoms with Gasteiger partial charge in [-0.3, -0.25) is 4.72 Å². The topological polar surface area (TPSA) is 98.0 Å². The number of halogens is 2. The first-order valence-electron chi connectivity index (χ1n) is 4.95. The highest BCUT2D eigenvalue weighted by atomic mass is 35.5. The minimum absolute atomic E-state index is 0.0152. The third kappa shape index (κ3) is 2.91. The third-order valence-electron chi connectivity index (χ3n) is 2.15. The van der Waals surface area contributed by atoms with E-state index in [1.807, 2.05) is 0 Å². The van der Waals surface area contributed by atoms with Crippen molar-refractivity contribution in [2.75, 3.05) is 10.5 Å². The van der Waals surface area contributed by atoms with E-state index in [4.69, 9.17) is 17.3 Å². The second-order valence-electron chi connectivity index (χ2n) is 3.52. The lowest BCUT2D eigenvalue weighted by atomic mass is 10.3. The fraction of sp³-hybridized carbons (Fsp3) is 0. The van der Waals surface area contributed by atoms with E-state index in [0.717, 1.165) is 12.1 Å². The third-order valence-corrected chi connectivity index (χ3v) is 3.97. The summed E-state index contributed by atoms with van der Waals surface area (Å²) in [4.78, 5) is -0.335. The van der Waals surface area contributed by atoms with E-state index in [1.165, 1.54) is 18.3 Å². The van der Waals surface area contributed by atoms with Gasteiger partial charge in [-0.05, 0) is 24.3 Å². The van der Waals surface area contributed by atoms with Crippen LogP contribution in [-0.4, -0.2) is 18.6 Å². The molecule has 1 heterocycles. The number of rotatable bonds is 3. The molecule has 0 unspecified atom stereocenters. The Morgan fingerprint density at radius 2 is 2.11 bits per heavy atom. The number of nitrogens with zero attached hydrogens (tertiary/aromatic N) is 2. The van der Waals surface area contributed by atoms with E-state index in [9.17, 15) is 12.8 Å². The molecule has 0 fully saturated rings. The number of hydrogen-bond donors (Lipinski definition) is 2. The van der Waals surface area contributed by atoms with E-state index in [1.54, 1.807) is 0 Å². The van der Waals surface area contributed by atoms with E-state index in [2.05, 4.69) is 14.9 Å². The molecule has 0 saturated carbocycles. The van der Waals surface area contributed by atoms with Crippen LogP contribution >= 0.6 is 11.6 Å². The molecule has 0 amide bonds. The number of sulfonamides is 1. The van der Waals surface area contributed by atoms with Gasteiger partial charge in [-0.25, -0.2) is 12.8 Å². The van der Waals surface area contributed by atoms with Gasteiger partial charge >= 0.3 is 0 Å². The molecular formula is C10H8ClFN4O2S. The van der Waals surface area contributed by atoms with Gasteiger partial charge in [0, 0.05) is 6.20 Å². The lowest BCUT2D eigenvalue weighted by Gasteiger charge is -2.09. The van der Waals surface area contributed by atoms with Crippen molar-refractivity contribution in [3.63, 3.8) is 0 Å². The highest BCUT2D eigenvalue weighted by Crippen LogP contribution is 2.27. The molecule has 0 spiro atoms.